The van der Waals surface area contributed by atoms with Gasteiger partial charge in [0.15, 0.2) is 40.4 Å². The van der Waals surface area contributed by atoms with Crippen LogP contribution in [0.3, 0.4) is 0 Å². The summed E-state index contributed by atoms with van der Waals surface area (Å²) in [6.45, 7) is 2.88. The molecule has 2 aromatic carbocycles. The molecule has 0 fully saturated rings. The summed E-state index contributed by atoms with van der Waals surface area (Å²) < 4.78 is 33.0. The summed E-state index contributed by atoms with van der Waals surface area (Å²) in [5, 5.41) is 29.4. The van der Waals surface area contributed by atoms with Crippen molar-refractivity contribution in [3.63, 3.8) is 0 Å². The van der Waals surface area contributed by atoms with Crippen LogP contribution in [-0.2, 0) is 9.59 Å². The molecule has 3 N–H and O–H groups in total. The van der Waals surface area contributed by atoms with Gasteiger partial charge in [0.1, 0.15) is 0 Å². The highest BCUT2D eigenvalue weighted by Crippen LogP contribution is 2.45. The molecule has 0 aliphatic carbocycles. The Morgan fingerprint density at radius 3 is 1.86 bits per heavy atom. The van der Waals surface area contributed by atoms with Gasteiger partial charge in [-0.05, 0) is 12.1 Å². The molecule has 4 rings (SSSR count). The van der Waals surface area contributed by atoms with Crippen molar-refractivity contribution in [1.29, 1.82) is 0 Å². The number of aromatic hydroxyl groups is 1. The van der Waals surface area contributed by atoms with Gasteiger partial charge in [0.2, 0.25) is 0 Å². The van der Waals surface area contributed by atoms with Crippen LogP contribution in [0.5, 0.6) is 23.0 Å². The average molecular weight is 667 g/mol. The monoisotopic (exact) mass is 666 g/mol. The van der Waals surface area contributed by atoms with E-state index in [4.69, 9.17) is 36.0 Å². The quantitative estimate of drug-likeness (QED) is 0.0886. The van der Waals surface area contributed by atoms with Crippen LogP contribution in [0.4, 0.5) is 4.39 Å². The van der Waals surface area contributed by atoms with Gasteiger partial charge >= 0.3 is 11.9 Å². The number of fused-ring (bicyclic) bond motifs is 2. The minimum atomic E-state index is -1.11. The summed E-state index contributed by atoms with van der Waals surface area (Å²) in [4.78, 5) is 47.8. The predicted octanol–water partition coefficient (Wildman–Crippen LogP) is 7.06. The Kier molecular flexibility index (Phi) is 10.3. The summed E-state index contributed by atoms with van der Waals surface area (Å²) in [6.07, 6.45) is -0.144. The molecule has 1 unspecified atom stereocenters. The highest BCUT2D eigenvalue weighted by atomic mass is 35.5. The molecule has 10 nitrogen and oxygen atoms in total. The van der Waals surface area contributed by atoms with Crippen molar-refractivity contribution in [2.45, 2.75) is 33.1 Å². The number of carbonyl (C=O) groups excluding carboxylic acids is 2. The number of rotatable bonds is 15. The van der Waals surface area contributed by atoms with E-state index in [1.165, 1.54) is 44.4 Å². The maximum Gasteiger partial charge on any atom is 0.306 e. The van der Waals surface area contributed by atoms with Gasteiger partial charge in [0.25, 0.3) is 0 Å². The first-order valence-electron chi connectivity index (χ1n) is 13.3. The van der Waals surface area contributed by atoms with Crippen LogP contribution < -0.4 is 14.2 Å². The van der Waals surface area contributed by atoms with E-state index in [1.54, 1.807) is 12.1 Å². The molecule has 0 saturated carbocycles. The number of carboxylic acids is 2. The highest BCUT2D eigenvalue weighted by Gasteiger charge is 2.24. The molecular weight excluding hydrogens is 639 g/mol. The summed E-state index contributed by atoms with van der Waals surface area (Å²) in [5.74, 6) is -5.80. The minimum Gasteiger partial charge on any atom is -0.504 e. The molecule has 234 valence electrons. The number of methoxy groups -OCH3 is 1. The number of thiophene rings is 2. The van der Waals surface area contributed by atoms with Crippen molar-refractivity contribution in [2.75, 3.05) is 20.3 Å². The Hall–Kier alpha value is -3.94. The fraction of sp³-hybridized carbons (Fsp3) is 0.333. The van der Waals surface area contributed by atoms with E-state index in [0.29, 0.717) is 25.4 Å². The largest absolute Gasteiger partial charge is 0.504 e. The smallest absolute Gasteiger partial charge is 0.306 e. The third-order valence-electron chi connectivity index (χ3n) is 6.76. The Morgan fingerprint density at radius 2 is 1.34 bits per heavy atom. The lowest BCUT2D eigenvalue weighted by Gasteiger charge is -2.14. The van der Waals surface area contributed by atoms with Crippen LogP contribution in [-0.4, -0.2) is 59.1 Å². The van der Waals surface area contributed by atoms with Crippen LogP contribution in [0.1, 0.15) is 52.5 Å². The molecule has 2 aromatic heterocycles. The first kappa shape index (κ1) is 33.0. The summed E-state index contributed by atoms with van der Waals surface area (Å²) in [7, 11) is 1.43. The van der Waals surface area contributed by atoms with Crippen molar-refractivity contribution < 1.29 is 53.1 Å². The summed E-state index contributed by atoms with van der Waals surface area (Å²) in [6, 6.07) is 5.86. The molecule has 2 atom stereocenters. The number of hydrogen-bond acceptors (Lipinski definition) is 10. The van der Waals surface area contributed by atoms with E-state index in [0.717, 1.165) is 11.3 Å². The number of ketones is 2. The molecule has 0 bridgehead atoms. The number of phenolic OH excluding ortho intramolecular Hbond substituents is 1. The van der Waals surface area contributed by atoms with E-state index in [1.807, 2.05) is 0 Å². The second kappa shape index (κ2) is 13.8. The van der Waals surface area contributed by atoms with E-state index >= 15 is 4.39 Å². The lowest BCUT2D eigenvalue weighted by Crippen LogP contribution is -2.13. The van der Waals surface area contributed by atoms with Crippen LogP contribution in [0.25, 0.3) is 20.2 Å². The molecule has 0 amide bonds. The van der Waals surface area contributed by atoms with Crippen molar-refractivity contribution >= 4 is 78.0 Å². The standard InChI is InChI=1S/C30H28ClFO10S2/c1-13(29(36)37)7-17(33)23-9-15-22(44-23)12-20(40-3)28(25(15)31)42-6-4-5-41-27-19(35)11-21-16(26(27)32)10-24(43-21)18(34)8-14(2)30(38)39/h9-14,35H,4-8H2,1-3H3,(H,36,37)(H,38,39)/t13?,14-/m0/s1. The van der Waals surface area contributed by atoms with Gasteiger partial charge in [0, 0.05) is 51.6 Å². The third kappa shape index (κ3) is 7.06. The fourth-order valence-electron chi connectivity index (χ4n) is 4.24. The molecule has 2 heterocycles. The lowest BCUT2D eigenvalue weighted by atomic mass is 10.0. The van der Waals surface area contributed by atoms with Gasteiger partial charge in [-0.1, -0.05) is 25.4 Å². The van der Waals surface area contributed by atoms with E-state index < -0.39 is 46.9 Å². The zero-order chi connectivity index (χ0) is 32.3. The second-order valence-electron chi connectivity index (χ2n) is 10.1. The molecule has 0 saturated heterocycles. The number of hydrogen-bond donors (Lipinski definition) is 3. The van der Waals surface area contributed by atoms with Gasteiger partial charge in [0.05, 0.1) is 46.9 Å². The van der Waals surface area contributed by atoms with E-state index in [-0.39, 0.29) is 59.3 Å². The van der Waals surface area contributed by atoms with Gasteiger partial charge in [-0.2, -0.15) is 0 Å². The number of ether oxygens (including phenoxy) is 3. The van der Waals surface area contributed by atoms with Crippen LogP contribution in [0, 0.1) is 17.7 Å². The number of carbonyl (C=O) groups is 4. The molecule has 0 aliphatic rings. The molecular formula is C30H28ClFO10S2. The number of aliphatic carboxylic acids is 2. The van der Waals surface area contributed by atoms with E-state index in [9.17, 15) is 24.3 Å². The van der Waals surface area contributed by atoms with Gasteiger partial charge in [-0.3, -0.25) is 19.2 Å². The van der Waals surface area contributed by atoms with Gasteiger partial charge < -0.3 is 29.5 Å². The normalized spacial score (nSPS) is 12.7. The topological polar surface area (TPSA) is 157 Å². The van der Waals surface area contributed by atoms with Crippen LogP contribution in [0.15, 0.2) is 24.3 Å². The maximum atomic E-state index is 15.2. The maximum absolute atomic E-state index is 15.2. The highest BCUT2D eigenvalue weighted by molar-refractivity contribution is 7.21. The first-order chi connectivity index (χ1) is 20.8. The van der Waals surface area contributed by atoms with Gasteiger partial charge in [-0.15, -0.1) is 22.7 Å². The minimum absolute atomic E-state index is 0.0525. The number of Topliss-reactive ketones (excluding diaryl/α,β-unsaturated/α-hetero) is 2. The third-order valence-corrected chi connectivity index (χ3v) is 9.38. The van der Waals surface area contributed by atoms with Crippen molar-refractivity contribution in [2.24, 2.45) is 11.8 Å². The molecule has 44 heavy (non-hydrogen) atoms. The number of carboxylic acid groups (broad SMARTS) is 2. The van der Waals surface area contributed by atoms with Gasteiger partial charge in [-0.25, -0.2) is 4.39 Å². The molecule has 0 radical (unpaired) electrons. The van der Waals surface area contributed by atoms with Crippen molar-refractivity contribution in [3.05, 3.63) is 44.9 Å². The number of halogens is 2. The Morgan fingerprint density at radius 1 is 0.841 bits per heavy atom. The summed E-state index contributed by atoms with van der Waals surface area (Å²) >= 11 is 8.72. The zero-order valence-electron chi connectivity index (χ0n) is 23.8. The SMILES string of the molecule is COc1cc2sc(C(=O)CC(C)C(=O)O)cc2c(Cl)c1OCCCOc1c(O)cc2sc(C(=O)C[C@H](C)C(=O)O)cc2c1F. The fourth-order valence-corrected chi connectivity index (χ4v) is 6.69. The lowest BCUT2D eigenvalue weighted by molar-refractivity contribution is -0.141. The van der Waals surface area contributed by atoms with Crippen molar-refractivity contribution in [3.8, 4) is 23.0 Å². The Bertz CT molecular complexity index is 1760. The average Bonchev–Trinajstić information content (AvgIpc) is 3.60. The number of phenols is 1. The Labute approximate surface area is 263 Å². The Balaban J connectivity index is 1.42. The zero-order valence-corrected chi connectivity index (χ0v) is 26.2. The molecule has 4 aromatic rings. The first-order valence-corrected chi connectivity index (χ1v) is 15.4. The molecule has 0 aliphatic heterocycles. The number of benzene rings is 2. The molecule has 14 heteroatoms. The predicted molar refractivity (Wildman–Crippen MR) is 164 cm³/mol. The second-order valence-corrected chi connectivity index (χ2v) is 12.6. The molecule has 0 spiro atoms. The van der Waals surface area contributed by atoms with Crippen LogP contribution >= 0.6 is 34.3 Å². The van der Waals surface area contributed by atoms with E-state index in [2.05, 4.69) is 0 Å². The van der Waals surface area contributed by atoms with Crippen LogP contribution in [0.2, 0.25) is 5.02 Å². The van der Waals surface area contributed by atoms with Crippen molar-refractivity contribution in [1.82, 2.24) is 0 Å². The summed E-state index contributed by atoms with van der Waals surface area (Å²) in [5.41, 5.74) is 0.